The maximum Gasteiger partial charge on any atom is 0.220 e. The summed E-state index contributed by atoms with van der Waals surface area (Å²) in [6.45, 7) is 0. The maximum atomic E-state index is 13.1. The van der Waals surface area contributed by atoms with Crippen molar-refractivity contribution in [3.63, 3.8) is 0 Å². The molecule has 2 rings (SSSR count). The van der Waals surface area contributed by atoms with Gasteiger partial charge < -0.3 is 11.1 Å². The molecule has 0 bridgehead atoms. The van der Waals surface area contributed by atoms with Crippen molar-refractivity contribution < 1.29 is 18.4 Å². The third-order valence-electron chi connectivity index (χ3n) is 3.90. The van der Waals surface area contributed by atoms with E-state index < -0.39 is 11.6 Å². The summed E-state index contributed by atoms with van der Waals surface area (Å²) in [6.07, 6.45) is 3.61. The molecule has 1 aromatic rings. The van der Waals surface area contributed by atoms with Crippen LogP contribution in [0.25, 0.3) is 0 Å². The molecule has 22 heavy (non-hydrogen) atoms. The number of halogens is 2. The van der Waals surface area contributed by atoms with Crippen LogP contribution in [-0.2, 0) is 4.79 Å². The number of ketones is 1. The number of carbonyl (C=O) groups is 2. The normalized spacial score (nSPS) is 21.4. The topological polar surface area (TPSA) is 72.2 Å². The summed E-state index contributed by atoms with van der Waals surface area (Å²) in [6, 6.07) is 3.16. The predicted molar refractivity (Wildman–Crippen MR) is 78.3 cm³/mol. The van der Waals surface area contributed by atoms with Gasteiger partial charge in [-0.25, -0.2) is 8.78 Å². The Kier molecular flexibility index (Phi) is 5.60. The van der Waals surface area contributed by atoms with E-state index >= 15 is 0 Å². The highest BCUT2D eigenvalue weighted by molar-refractivity contribution is 5.97. The molecular weight excluding hydrogens is 290 g/mol. The average molecular weight is 310 g/mol. The van der Waals surface area contributed by atoms with Crippen LogP contribution in [0.15, 0.2) is 18.2 Å². The van der Waals surface area contributed by atoms with Crippen molar-refractivity contribution >= 4 is 11.7 Å². The number of nitrogens with two attached hydrogens (primary N) is 1. The van der Waals surface area contributed by atoms with Crippen molar-refractivity contribution in [3.8, 4) is 0 Å². The highest BCUT2D eigenvalue weighted by Gasteiger charge is 2.21. The Morgan fingerprint density at radius 2 is 1.95 bits per heavy atom. The smallest absolute Gasteiger partial charge is 0.220 e. The van der Waals surface area contributed by atoms with E-state index in [9.17, 15) is 18.4 Å². The van der Waals surface area contributed by atoms with Crippen molar-refractivity contribution in [2.45, 2.75) is 50.6 Å². The fourth-order valence-corrected chi connectivity index (χ4v) is 2.70. The molecule has 1 aromatic carbocycles. The van der Waals surface area contributed by atoms with Gasteiger partial charge in [-0.2, -0.15) is 0 Å². The first-order valence-electron chi connectivity index (χ1n) is 7.49. The number of Topliss-reactive ketones (excluding diaryl/α,β-unsaturated/α-hetero) is 1. The molecule has 0 aliphatic heterocycles. The highest BCUT2D eigenvalue weighted by atomic mass is 19.2. The van der Waals surface area contributed by atoms with Crippen LogP contribution in [0.2, 0.25) is 0 Å². The van der Waals surface area contributed by atoms with Crippen molar-refractivity contribution in [1.82, 2.24) is 5.32 Å². The number of hydrogen-bond donors (Lipinski definition) is 2. The van der Waals surface area contributed by atoms with Crippen LogP contribution in [-0.4, -0.2) is 23.8 Å². The third kappa shape index (κ3) is 4.59. The summed E-state index contributed by atoms with van der Waals surface area (Å²) in [4.78, 5) is 23.7. The summed E-state index contributed by atoms with van der Waals surface area (Å²) in [5, 5.41) is 2.87. The molecule has 2 unspecified atom stereocenters. The fourth-order valence-electron chi connectivity index (χ4n) is 2.70. The lowest BCUT2D eigenvalue weighted by molar-refractivity contribution is -0.122. The van der Waals surface area contributed by atoms with E-state index in [1.165, 1.54) is 6.07 Å². The van der Waals surface area contributed by atoms with Crippen LogP contribution < -0.4 is 11.1 Å². The molecule has 1 fully saturated rings. The Morgan fingerprint density at radius 1 is 1.18 bits per heavy atom. The molecule has 6 heteroatoms. The minimum absolute atomic E-state index is 0.0313. The summed E-state index contributed by atoms with van der Waals surface area (Å²) < 4.78 is 25.9. The van der Waals surface area contributed by atoms with Gasteiger partial charge in [0, 0.05) is 30.5 Å². The molecule has 0 heterocycles. The molecule has 1 aliphatic carbocycles. The van der Waals surface area contributed by atoms with Crippen molar-refractivity contribution in [1.29, 1.82) is 0 Å². The maximum absolute atomic E-state index is 13.1. The van der Waals surface area contributed by atoms with Crippen molar-refractivity contribution in [3.05, 3.63) is 35.4 Å². The Morgan fingerprint density at radius 3 is 2.64 bits per heavy atom. The second-order valence-electron chi connectivity index (χ2n) is 5.74. The van der Waals surface area contributed by atoms with E-state index in [-0.39, 0.29) is 42.2 Å². The van der Waals surface area contributed by atoms with Gasteiger partial charge >= 0.3 is 0 Å². The Bertz CT molecular complexity index is 563. The van der Waals surface area contributed by atoms with Crippen LogP contribution in [0.4, 0.5) is 8.78 Å². The van der Waals surface area contributed by atoms with Crippen LogP contribution in [0.5, 0.6) is 0 Å². The summed E-state index contributed by atoms with van der Waals surface area (Å²) in [7, 11) is 0. The van der Waals surface area contributed by atoms with Gasteiger partial charge in [-0.15, -0.1) is 0 Å². The zero-order valence-corrected chi connectivity index (χ0v) is 12.3. The van der Waals surface area contributed by atoms with Gasteiger partial charge in [0.05, 0.1) is 0 Å². The van der Waals surface area contributed by atoms with Gasteiger partial charge in [0.15, 0.2) is 17.4 Å². The molecule has 0 radical (unpaired) electrons. The molecule has 0 spiro atoms. The van der Waals surface area contributed by atoms with Crippen LogP contribution in [0.3, 0.4) is 0 Å². The summed E-state index contributed by atoms with van der Waals surface area (Å²) in [5.74, 6) is -2.65. The number of benzene rings is 1. The fraction of sp³-hybridized carbons (Fsp3) is 0.500. The first-order chi connectivity index (χ1) is 10.5. The Labute approximate surface area is 128 Å². The van der Waals surface area contributed by atoms with Crippen LogP contribution in [0.1, 0.15) is 48.9 Å². The second-order valence-corrected chi connectivity index (χ2v) is 5.74. The lowest BCUT2D eigenvalue weighted by atomic mass is 9.91. The van der Waals surface area contributed by atoms with Gasteiger partial charge in [0.1, 0.15) is 0 Å². The lowest BCUT2D eigenvalue weighted by Gasteiger charge is -2.27. The minimum Gasteiger partial charge on any atom is -0.353 e. The monoisotopic (exact) mass is 310 g/mol. The molecular formula is C16H20F2N2O2. The number of nitrogens with one attached hydrogen (secondary N) is 1. The summed E-state index contributed by atoms with van der Waals surface area (Å²) in [5.41, 5.74) is 5.93. The van der Waals surface area contributed by atoms with E-state index in [1.807, 2.05) is 0 Å². The third-order valence-corrected chi connectivity index (χ3v) is 3.90. The molecule has 1 aliphatic rings. The van der Waals surface area contributed by atoms with E-state index in [2.05, 4.69) is 5.32 Å². The number of hydrogen-bond acceptors (Lipinski definition) is 3. The van der Waals surface area contributed by atoms with Gasteiger partial charge in [0.2, 0.25) is 5.91 Å². The van der Waals surface area contributed by atoms with E-state index in [0.29, 0.717) is 0 Å². The van der Waals surface area contributed by atoms with E-state index in [4.69, 9.17) is 5.73 Å². The molecule has 0 saturated heterocycles. The molecule has 120 valence electrons. The number of amides is 1. The Balaban J connectivity index is 1.80. The molecule has 2 atom stereocenters. The highest BCUT2D eigenvalue weighted by Crippen LogP contribution is 2.17. The van der Waals surface area contributed by atoms with Crippen LogP contribution in [0, 0.1) is 11.6 Å². The van der Waals surface area contributed by atoms with Crippen LogP contribution >= 0.6 is 0 Å². The zero-order valence-electron chi connectivity index (χ0n) is 12.3. The predicted octanol–water partition coefficient (Wildman–Crippen LogP) is 2.31. The number of rotatable bonds is 5. The molecule has 1 amide bonds. The molecule has 3 N–H and O–H groups in total. The second kappa shape index (κ2) is 7.45. The standard InChI is InChI=1S/C16H20F2N2O2/c17-13-5-4-10(8-14(13)18)15(21)6-7-16(22)20-12-3-1-2-11(19)9-12/h4-5,8,11-12H,1-3,6-7,9,19H2,(H,20,22). The van der Waals surface area contributed by atoms with Gasteiger partial charge in [-0.05, 0) is 43.9 Å². The largest absolute Gasteiger partial charge is 0.353 e. The van der Waals surface area contributed by atoms with Crippen molar-refractivity contribution in [2.24, 2.45) is 5.73 Å². The van der Waals surface area contributed by atoms with Crippen molar-refractivity contribution in [2.75, 3.05) is 0 Å². The molecule has 0 aromatic heterocycles. The first kappa shape index (κ1) is 16.5. The molecule has 1 saturated carbocycles. The van der Waals surface area contributed by atoms with E-state index in [0.717, 1.165) is 37.8 Å². The quantitative estimate of drug-likeness (QED) is 0.820. The Hall–Kier alpha value is -1.82. The molecule has 4 nitrogen and oxygen atoms in total. The number of carbonyl (C=O) groups excluding carboxylic acids is 2. The SMILES string of the molecule is NC1CCCC(NC(=O)CCC(=O)c2ccc(F)c(F)c2)C1. The first-order valence-corrected chi connectivity index (χ1v) is 7.49. The average Bonchev–Trinajstić information content (AvgIpc) is 2.47. The summed E-state index contributed by atoms with van der Waals surface area (Å²) >= 11 is 0. The lowest BCUT2D eigenvalue weighted by Crippen LogP contribution is -2.42. The van der Waals surface area contributed by atoms with Gasteiger partial charge in [-0.3, -0.25) is 9.59 Å². The zero-order chi connectivity index (χ0) is 16.1. The van der Waals surface area contributed by atoms with Gasteiger partial charge in [0.25, 0.3) is 0 Å². The van der Waals surface area contributed by atoms with Gasteiger partial charge in [-0.1, -0.05) is 0 Å². The minimum atomic E-state index is -1.06. The van der Waals surface area contributed by atoms with E-state index in [1.54, 1.807) is 0 Å².